The van der Waals surface area contributed by atoms with Crippen LogP contribution in [0.15, 0.2) is 48.7 Å². The molecule has 0 fully saturated rings. The van der Waals surface area contributed by atoms with Crippen molar-refractivity contribution in [3.05, 3.63) is 75.5 Å². The van der Waals surface area contributed by atoms with Gasteiger partial charge in [0, 0.05) is 37.1 Å². The highest BCUT2D eigenvalue weighted by molar-refractivity contribution is 6.42. The van der Waals surface area contributed by atoms with Gasteiger partial charge in [0.2, 0.25) is 5.75 Å². The fourth-order valence-electron chi connectivity index (χ4n) is 4.38. The zero-order chi connectivity index (χ0) is 22.0. The molecule has 1 aliphatic rings. The minimum absolute atomic E-state index is 0.0325. The Morgan fingerprint density at radius 3 is 2.42 bits per heavy atom. The standard InChI is InChI=1S/C24H26Cl2N2O3/c1-29-21-10-8-17(23(30-2)24(21)31-3)15-28-13-5-12-27-11-4-6-20(27)22(28)16-7-9-18(25)19(26)14-16/h4,6-11,14,22H,5,12-13,15H2,1-3H3/t22-/m0/s1. The van der Waals surface area contributed by atoms with Gasteiger partial charge in [0.1, 0.15) is 0 Å². The summed E-state index contributed by atoms with van der Waals surface area (Å²) in [7, 11) is 4.91. The van der Waals surface area contributed by atoms with Gasteiger partial charge in [-0.1, -0.05) is 35.3 Å². The van der Waals surface area contributed by atoms with Gasteiger partial charge >= 0.3 is 0 Å². The molecule has 0 unspecified atom stereocenters. The lowest BCUT2D eigenvalue weighted by molar-refractivity contribution is 0.216. The van der Waals surface area contributed by atoms with Gasteiger partial charge in [-0.05, 0) is 42.3 Å². The largest absolute Gasteiger partial charge is 0.493 e. The van der Waals surface area contributed by atoms with Gasteiger partial charge in [0.05, 0.1) is 37.4 Å². The van der Waals surface area contributed by atoms with Gasteiger partial charge in [0.25, 0.3) is 0 Å². The molecule has 0 saturated heterocycles. The number of hydrogen-bond acceptors (Lipinski definition) is 4. The Morgan fingerprint density at radius 2 is 1.71 bits per heavy atom. The Bertz CT molecular complexity index is 1070. The molecule has 0 N–H and O–H groups in total. The van der Waals surface area contributed by atoms with Gasteiger partial charge in [-0.25, -0.2) is 0 Å². The van der Waals surface area contributed by atoms with E-state index in [1.165, 1.54) is 5.69 Å². The van der Waals surface area contributed by atoms with E-state index in [4.69, 9.17) is 37.4 Å². The number of rotatable bonds is 6. The van der Waals surface area contributed by atoms with Crippen LogP contribution in [0, 0.1) is 0 Å². The van der Waals surface area contributed by atoms with Crippen molar-refractivity contribution in [1.29, 1.82) is 0 Å². The average molecular weight is 461 g/mol. The molecule has 1 aromatic heterocycles. The number of aromatic nitrogens is 1. The van der Waals surface area contributed by atoms with Crippen molar-refractivity contribution in [3.63, 3.8) is 0 Å². The number of ether oxygens (including phenoxy) is 3. The lowest BCUT2D eigenvalue weighted by Crippen LogP contribution is -2.29. The second-order valence-corrected chi connectivity index (χ2v) is 8.33. The van der Waals surface area contributed by atoms with Gasteiger partial charge < -0.3 is 18.8 Å². The van der Waals surface area contributed by atoms with Crippen molar-refractivity contribution >= 4 is 23.2 Å². The summed E-state index contributed by atoms with van der Waals surface area (Å²) < 4.78 is 19.1. The van der Waals surface area contributed by atoms with Crippen molar-refractivity contribution in [1.82, 2.24) is 9.47 Å². The Labute approximate surface area is 193 Å². The van der Waals surface area contributed by atoms with E-state index >= 15 is 0 Å². The smallest absolute Gasteiger partial charge is 0.203 e. The number of aryl methyl sites for hydroxylation is 1. The maximum Gasteiger partial charge on any atom is 0.203 e. The number of fused-ring (bicyclic) bond motifs is 1. The highest BCUT2D eigenvalue weighted by Crippen LogP contribution is 2.42. The van der Waals surface area contributed by atoms with Crippen molar-refractivity contribution in [2.24, 2.45) is 0 Å². The van der Waals surface area contributed by atoms with E-state index in [1.54, 1.807) is 21.3 Å². The fourth-order valence-corrected chi connectivity index (χ4v) is 4.69. The number of methoxy groups -OCH3 is 3. The molecule has 0 spiro atoms. The predicted molar refractivity (Wildman–Crippen MR) is 124 cm³/mol. The predicted octanol–water partition coefficient (Wildman–Crippen LogP) is 5.82. The van der Waals surface area contributed by atoms with Crippen molar-refractivity contribution in [3.8, 4) is 17.2 Å². The zero-order valence-electron chi connectivity index (χ0n) is 17.9. The Balaban J connectivity index is 1.78. The zero-order valence-corrected chi connectivity index (χ0v) is 19.4. The molecule has 0 saturated carbocycles. The topological polar surface area (TPSA) is 35.9 Å². The van der Waals surface area contributed by atoms with Crippen LogP contribution in [0.3, 0.4) is 0 Å². The van der Waals surface area contributed by atoms with Crippen LogP contribution in [0.4, 0.5) is 0 Å². The molecular formula is C24H26Cl2N2O3. The van der Waals surface area contributed by atoms with Gasteiger partial charge in [0.15, 0.2) is 11.5 Å². The molecule has 7 heteroatoms. The lowest BCUT2D eigenvalue weighted by Gasteiger charge is -2.31. The number of halogens is 2. The van der Waals surface area contributed by atoms with E-state index in [2.05, 4.69) is 33.9 Å². The molecule has 3 aromatic rings. The van der Waals surface area contributed by atoms with Crippen LogP contribution >= 0.6 is 23.2 Å². The third-order valence-corrected chi connectivity index (χ3v) is 6.51. The summed E-state index contributed by atoms with van der Waals surface area (Å²) >= 11 is 12.6. The van der Waals surface area contributed by atoms with Crippen LogP contribution < -0.4 is 14.2 Å². The first-order valence-electron chi connectivity index (χ1n) is 10.2. The quantitative estimate of drug-likeness (QED) is 0.464. The van der Waals surface area contributed by atoms with Gasteiger partial charge in [-0.15, -0.1) is 0 Å². The first kappa shape index (κ1) is 21.9. The number of nitrogens with zero attached hydrogens (tertiary/aromatic N) is 2. The molecule has 2 aromatic carbocycles. The molecule has 1 aliphatic heterocycles. The van der Waals surface area contributed by atoms with E-state index in [0.29, 0.717) is 33.8 Å². The summed E-state index contributed by atoms with van der Waals surface area (Å²) in [6.07, 6.45) is 3.18. The fraction of sp³-hybridized carbons (Fsp3) is 0.333. The van der Waals surface area contributed by atoms with Crippen LogP contribution in [0.5, 0.6) is 17.2 Å². The van der Waals surface area contributed by atoms with E-state index in [9.17, 15) is 0 Å². The number of benzene rings is 2. The highest BCUT2D eigenvalue weighted by atomic mass is 35.5. The van der Waals surface area contributed by atoms with Crippen molar-refractivity contribution < 1.29 is 14.2 Å². The van der Waals surface area contributed by atoms with Crippen LogP contribution in [0.1, 0.15) is 29.3 Å². The molecule has 31 heavy (non-hydrogen) atoms. The lowest BCUT2D eigenvalue weighted by atomic mass is 10.0. The Hall–Kier alpha value is -2.34. The summed E-state index contributed by atoms with van der Waals surface area (Å²) in [5.74, 6) is 1.94. The monoisotopic (exact) mass is 460 g/mol. The average Bonchev–Trinajstić information content (AvgIpc) is 3.16. The van der Waals surface area contributed by atoms with E-state index < -0.39 is 0 Å². The minimum Gasteiger partial charge on any atom is -0.493 e. The van der Waals surface area contributed by atoms with Crippen LogP contribution in [-0.4, -0.2) is 37.3 Å². The van der Waals surface area contributed by atoms with Crippen molar-refractivity contribution in [2.75, 3.05) is 27.9 Å². The summed E-state index contributed by atoms with van der Waals surface area (Å²) in [6, 6.07) is 14.2. The van der Waals surface area contributed by atoms with Crippen LogP contribution in [-0.2, 0) is 13.1 Å². The van der Waals surface area contributed by atoms with E-state index in [0.717, 1.165) is 30.6 Å². The Kier molecular flexibility index (Phi) is 6.65. The molecule has 0 radical (unpaired) electrons. The summed E-state index contributed by atoms with van der Waals surface area (Å²) in [5, 5.41) is 1.12. The normalized spacial score (nSPS) is 16.5. The molecule has 2 heterocycles. The van der Waals surface area contributed by atoms with Crippen molar-refractivity contribution in [2.45, 2.75) is 25.6 Å². The van der Waals surface area contributed by atoms with Crippen LogP contribution in [0.25, 0.3) is 0 Å². The summed E-state index contributed by atoms with van der Waals surface area (Å²) in [4.78, 5) is 2.45. The maximum absolute atomic E-state index is 6.40. The molecule has 1 atom stereocenters. The Morgan fingerprint density at radius 1 is 0.903 bits per heavy atom. The van der Waals surface area contributed by atoms with Gasteiger partial charge in [-0.2, -0.15) is 0 Å². The third-order valence-electron chi connectivity index (χ3n) is 5.77. The molecule has 5 nitrogen and oxygen atoms in total. The second kappa shape index (κ2) is 9.43. The number of hydrogen-bond donors (Lipinski definition) is 0. The first-order chi connectivity index (χ1) is 15.1. The van der Waals surface area contributed by atoms with E-state index in [1.807, 2.05) is 24.3 Å². The first-order valence-corrected chi connectivity index (χ1v) is 10.9. The van der Waals surface area contributed by atoms with Crippen LogP contribution in [0.2, 0.25) is 10.0 Å². The second-order valence-electron chi connectivity index (χ2n) is 7.52. The molecule has 0 amide bonds. The molecule has 164 valence electrons. The van der Waals surface area contributed by atoms with E-state index in [-0.39, 0.29) is 6.04 Å². The third kappa shape index (κ3) is 4.22. The molecular weight excluding hydrogens is 435 g/mol. The summed E-state index contributed by atoms with van der Waals surface area (Å²) in [6.45, 7) is 2.57. The SMILES string of the molecule is COc1ccc(CN2CCCn3cccc3[C@@H]2c2ccc(Cl)c(Cl)c2)c(OC)c1OC. The molecule has 4 rings (SSSR count). The minimum atomic E-state index is 0.0325. The van der Waals surface area contributed by atoms with Gasteiger partial charge in [-0.3, -0.25) is 4.90 Å². The maximum atomic E-state index is 6.40. The molecule has 0 bridgehead atoms. The summed E-state index contributed by atoms with van der Waals surface area (Å²) in [5.41, 5.74) is 3.37. The molecule has 0 aliphatic carbocycles. The highest BCUT2D eigenvalue weighted by Gasteiger charge is 2.29.